The van der Waals surface area contributed by atoms with Gasteiger partial charge in [-0.15, -0.1) is 0 Å². The quantitative estimate of drug-likeness (QED) is 0.706. The van der Waals surface area contributed by atoms with Crippen molar-refractivity contribution in [2.75, 3.05) is 18.4 Å². The van der Waals surface area contributed by atoms with Gasteiger partial charge in [-0.1, -0.05) is 24.3 Å². The first kappa shape index (κ1) is 19.2. The van der Waals surface area contributed by atoms with E-state index in [-0.39, 0.29) is 5.91 Å². The number of aromatic nitrogens is 2. The van der Waals surface area contributed by atoms with Crippen molar-refractivity contribution in [3.05, 3.63) is 83.2 Å². The summed E-state index contributed by atoms with van der Waals surface area (Å²) in [6, 6.07) is 18.7. The molecule has 1 amide bonds. The first-order valence-electron chi connectivity index (χ1n) is 10.3. The number of nitriles is 1. The van der Waals surface area contributed by atoms with Gasteiger partial charge in [0.25, 0.3) is 5.91 Å². The summed E-state index contributed by atoms with van der Waals surface area (Å²) >= 11 is 0. The van der Waals surface area contributed by atoms with E-state index in [0.717, 1.165) is 16.9 Å². The Balaban J connectivity index is 1.29. The van der Waals surface area contributed by atoms with Gasteiger partial charge in [-0.05, 0) is 43.2 Å². The highest BCUT2D eigenvalue weighted by Crippen LogP contribution is 2.43. The molecular weight excluding hydrogens is 390 g/mol. The minimum Gasteiger partial charge on any atom is -0.364 e. The molecule has 5 rings (SSSR count). The Kier molecular flexibility index (Phi) is 4.85. The number of rotatable bonds is 3. The van der Waals surface area contributed by atoms with Crippen LogP contribution in [0.3, 0.4) is 0 Å². The van der Waals surface area contributed by atoms with Crippen molar-refractivity contribution in [2.24, 2.45) is 0 Å². The number of ether oxygens (including phenoxy) is 1. The summed E-state index contributed by atoms with van der Waals surface area (Å²) in [5, 5.41) is 12.3. The van der Waals surface area contributed by atoms with E-state index in [4.69, 9.17) is 10.00 Å². The van der Waals surface area contributed by atoms with E-state index in [1.165, 1.54) is 0 Å². The first-order chi connectivity index (χ1) is 15.2. The Morgan fingerprint density at radius 1 is 1.13 bits per heavy atom. The molecule has 7 nitrogen and oxygen atoms in total. The summed E-state index contributed by atoms with van der Waals surface area (Å²) in [5.74, 6) is 0.499. The normalized spacial score (nSPS) is 16.5. The second-order valence-electron chi connectivity index (χ2n) is 7.81. The number of carbonyl (C=O) groups is 1. The van der Waals surface area contributed by atoms with Gasteiger partial charge >= 0.3 is 0 Å². The van der Waals surface area contributed by atoms with Crippen LogP contribution in [0.4, 0.5) is 11.6 Å². The van der Waals surface area contributed by atoms with Crippen molar-refractivity contribution >= 4 is 17.5 Å². The zero-order chi connectivity index (χ0) is 21.3. The molecule has 7 heteroatoms. The molecule has 31 heavy (non-hydrogen) atoms. The van der Waals surface area contributed by atoms with E-state index < -0.39 is 5.60 Å². The van der Waals surface area contributed by atoms with Crippen LogP contribution in [-0.2, 0) is 16.9 Å². The summed E-state index contributed by atoms with van der Waals surface area (Å²) < 4.78 is 6.22. The van der Waals surface area contributed by atoms with E-state index in [9.17, 15) is 4.79 Å². The van der Waals surface area contributed by atoms with Crippen molar-refractivity contribution in [2.45, 2.75) is 25.0 Å². The Morgan fingerprint density at radius 3 is 2.71 bits per heavy atom. The second-order valence-corrected chi connectivity index (χ2v) is 7.81. The lowest BCUT2D eigenvalue weighted by molar-refractivity contribution is -0.0745. The summed E-state index contributed by atoms with van der Waals surface area (Å²) in [6.07, 6.45) is 3.24. The Bertz CT molecular complexity index is 1160. The van der Waals surface area contributed by atoms with E-state index in [1.807, 2.05) is 41.4 Å². The molecule has 2 aliphatic rings. The number of amides is 1. The third-order valence-corrected chi connectivity index (χ3v) is 5.97. The Hall–Kier alpha value is -3.76. The molecule has 2 aliphatic heterocycles. The van der Waals surface area contributed by atoms with Gasteiger partial charge in [-0.2, -0.15) is 5.26 Å². The van der Waals surface area contributed by atoms with Gasteiger partial charge in [0, 0.05) is 36.1 Å². The minimum atomic E-state index is -0.439. The van der Waals surface area contributed by atoms with Gasteiger partial charge in [-0.25, -0.2) is 9.97 Å². The molecule has 0 unspecified atom stereocenters. The fourth-order valence-corrected chi connectivity index (χ4v) is 4.29. The smallest absolute Gasteiger partial charge is 0.253 e. The third-order valence-electron chi connectivity index (χ3n) is 5.97. The van der Waals surface area contributed by atoms with Crippen molar-refractivity contribution < 1.29 is 9.53 Å². The lowest BCUT2D eigenvalue weighted by Gasteiger charge is -2.39. The van der Waals surface area contributed by atoms with Crippen molar-refractivity contribution in [3.63, 3.8) is 0 Å². The molecule has 0 saturated carbocycles. The van der Waals surface area contributed by atoms with Gasteiger partial charge in [0.15, 0.2) is 0 Å². The number of nitrogens with one attached hydrogen (secondary N) is 1. The number of nitrogens with zero attached hydrogens (tertiary/aromatic N) is 4. The molecule has 1 N–H and O–H groups in total. The van der Waals surface area contributed by atoms with Crippen LogP contribution in [0, 0.1) is 11.3 Å². The van der Waals surface area contributed by atoms with Gasteiger partial charge < -0.3 is 15.0 Å². The molecule has 0 bridgehead atoms. The second kappa shape index (κ2) is 7.82. The maximum absolute atomic E-state index is 12.9. The van der Waals surface area contributed by atoms with Crippen LogP contribution in [-0.4, -0.2) is 33.9 Å². The van der Waals surface area contributed by atoms with E-state index >= 15 is 0 Å². The summed E-state index contributed by atoms with van der Waals surface area (Å²) in [6.45, 7) is 1.61. The van der Waals surface area contributed by atoms with Crippen LogP contribution in [0.2, 0.25) is 0 Å². The molecular formula is C24H21N5O2. The zero-order valence-electron chi connectivity index (χ0n) is 16.9. The molecule has 0 aliphatic carbocycles. The number of carbonyl (C=O) groups excluding carboxylic acids is 1. The summed E-state index contributed by atoms with van der Waals surface area (Å²) in [4.78, 5) is 23.9. The Labute approximate surface area is 180 Å². The number of piperidine rings is 1. The van der Waals surface area contributed by atoms with E-state index in [0.29, 0.717) is 49.6 Å². The molecule has 1 saturated heterocycles. The van der Waals surface area contributed by atoms with Gasteiger partial charge in [-0.3, -0.25) is 4.79 Å². The molecule has 154 valence electrons. The molecule has 3 heterocycles. The first-order valence-corrected chi connectivity index (χ1v) is 10.3. The van der Waals surface area contributed by atoms with Gasteiger partial charge in [0.1, 0.15) is 5.60 Å². The molecule has 1 aromatic heterocycles. The molecule has 1 fully saturated rings. The van der Waals surface area contributed by atoms with Crippen molar-refractivity contribution in [1.29, 1.82) is 5.26 Å². The zero-order valence-corrected chi connectivity index (χ0v) is 16.9. The van der Waals surface area contributed by atoms with Gasteiger partial charge in [0.2, 0.25) is 5.95 Å². The minimum absolute atomic E-state index is 0.0520. The summed E-state index contributed by atoms with van der Waals surface area (Å²) in [5.41, 5.74) is 3.45. The van der Waals surface area contributed by atoms with Gasteiger partial charge in [0.05, 0.1) is 23.9 Å². The number of benzene rings is 2. The van der Waals surface area contributed by atoms with E-state index in [2.05, 4.69) is 21.4 Å². The van der Waals surface area contributed by atoms with Crippen LogP contribution in [0.15, 0.2) is 60.8 Å². The number of anilines is 2. The largest absolute Gasteiger partial charge is 0.364 e. The predicted molar refractivity (Wildman–Crippen MR) is 115 cm³/mol. The SMILES string of the molecule is N#Cc1cccc(C(=O)N2CCC3(CC2)OCc2nc(Nc4ccccc4)ncc23)c1. The average molecular weight is 411 g/mol. The van der Waals surface area contributed by atoms with Crippen LogP contribution < -0.4 is 5.32 Å². The monoisotopic (exact) mass is 411 g/mol. The predicted octanol–water partition coefficient (Wildman–Crippen LogP) is 3.75. The third kappa shape index (κ3) is 3.62. The van der Waals surface area contributed by atoms with E-state index in [1.54, 1.807) is 24.3 Å². The fraction of sp³-hybridized carbons (Fsp3) is 0.250. The highest BCUT2D eigenvalue weighted by Gasteiger charge is 2.44. The fourth-order valence-electron chi connectivity index (χ4n) is 4.29. The number of likely N-dealkylation sites (tertiary alicyclic amines) is 1. The molecule has 0 atom stereocenters. The highest BCUT2D eigenvalue weighted by molar-refractivity contribution is 5.94. The topological polar surface area (TPSA) is 91.1 Å². The van der Waals surface area contributed by atoms with Crippen molar-refractivity contribution in [1.82, 2.24) is 14.9 Å². The molecule has 1 spiro atoms. The number of fused-ring (bicyclic) bond motifs is 2. The molecule has 0 radical (unpaired) electrons. The summed E-state index contributed by atoms with van der Waals surface area (Å²) in [7, 11) is 0. The Morgan fingerprint density at radius 2 is 1.94 bits per heavy atom. The van der Waals surface area contributed by atoms with Crippen LogP contribution >= 0.6 is 0 Å². The number of hydrogen-bond acceptors (Lipinski definition) is 6. The molecule has 3 aromatic rings. The number of para-hydroxylation sites is 1. The van der Waals surface area contributed by atoms with Crippen LogP contribution in [0.5, 0.6) is 0 Å². The maximum Gasteiger partial charge on any atom is 0.253 e. The maximum atomic E-state index is 12.9. The average Bonchev–Trinajstić information content (AvgIpc) is 3.17. The van der Waals surface area contributed by atoms with Crippen LogP contribution in [0.25, 0.3) is 0 Å². The lowest BCUT2D eigenvalue weighted by Crippen LogP contribution is -2.45. The molecule has 2 aromatic carbocycles. The highest BCUT2D eigenvalue weighted by atomic mass is 16.5. The van der Waals surface area contributed by atoms with Crippen molar-refractivity contribution in [3.8, 4) is 6.07 Å². The lowest BCUT2D eigenvalue weighted by atomic mass is 9.85. The number of hydrogen-bond donors (Lipinski definition) is 1. The standard InChI is InChI=1S/C24H21N5O2/c25-14-17-5-4-6-18(13-17)22(30)29-11-9-24(10-12-29)20-15-26-23(28-21(20)16-31-24)27-19-7-2-1-3-8-19/h1-8,13,15H,9-12,16H2,(H,26,27,28). The van der Waals surface area contributed by atoms with Crippen LogP contribution in [0.1, 0.15) is 40.0 Å².